The molecule has 19 heavy (non-hydrogen) atoms. The Kier molecular flexibility index (Phi) is 1.61. The Hall–Kier alpha value is -2.02. The first-order valence-electron chi connectivity index (χ1n) is 7.03. The largest absolute Gasteiger partial charge is 0.389 e. The first-order chi connectivity index (χ1) is 9.40. The molecule has 2 unspecified atom stereocenters. The van der Waals surface area contributed by atoms with Gasteiger partial charge in [0.2, 0.25) is 0 Å². The van der Waals surface area contributed by atoms with Crippen molar-refractivity contribution in [3.8, 4) is 0 Å². The van der Waals surface area contributed by atoms with Crippen LogP contribution in [0.2, 0.25) is 0 Å². The molecule has 0 fully saturated rings. The minimum atomic E-state index is 0.232. The monoisotopic (exact) mass is 245 g/mol. The second-order valence-electron chi connectivity index (χ2n) is 5.95. The molecule has 0 radical (unpaired) electrons. The van der Waals surface area contributed by atoms with E-state index >= 15 is 0 Å². The number of hydrogen-bond acceptors (Lipinski definition) is 1. The Balaban J connectivity index is 1.92. The van der Waals surface area contributed by atoms with Crippen LogP contribution in [0.3, 0.4) is 0 Å². The third-order valence-corrected chi connectivity index (χ3v) is 5.20. The maximum atomic E-state index is 3.50. The van der Waals surface area contributed by atoms with Gasteiger partial charge in [0.1, 0.15) is 0 Å². The smallest absolute Gasteiger partial charge is 0.0407 e. The van der Waals surface area contributed by atoms with E-state index in [4.69, 9.17) is 0 Å². The van der Waals surface area contributed by atoms with E-state index in [2.05, 4.69) is 60.0 Å². The topological polar surface area (TPSA) is 12.0 Å². The van der Waals surface area contributed by atoms with Gasteiger partial charge in [-0.15, -0.1) is 0 Å². The number of rotatable bonds is 0. The molecule has 2 aromatic rings. The van der Waals surface area contributed by atoms with Gasteiger partial charge in [0, 0.05) is 24.1 Å². The molecule has 2 aliphatic carbocycles. The molecule has 0 saturated carbocycles. The van der Waals surface area contributed by atoms with Gasteiger partial charge in [-0.2, -0.15) is 0 Å². The van der Waals surface area contributed by atoms with Crippen molar-refractivity contribution in [2.45, 2.75) is 17.8 Å². The van der Waals surface area contributed by atoms with Gasteiger partial charge >= 0.3 is 0 Å². The highest BCUT2D eigenvalue weighted by molar-refractivity contribution is 5.85. The van der Waals surface area contributed by atoms with Crippen LogP contribution in [0.25, 0.3) is 5.57 Å². The highest BCUT2D eigenvalue weighted by Gasteiger charge is 2.52. The van der Waals surface area contributed by atoms with E-state index in [1.54, 1.807) is 11.1 Å². The van der Waals surface area contributed by atoms with Crippen LogP contribution in [0.4, 0.5) is 0 Å². The Labute approximate surface area is 113 Å². The summed E-state index contributed by atoms with van der Waals surface area (Å²) < 4.78 is 0. The molecule has 2 aromatic carbocycles. The van der Waals surface area contributed by atoms with Gasteiger partial charge in [-0.3, -0.25) is 0 Å². The van der Waals surface area contributed by atoms with Crippen LogP contribution in [0.15, 0.2) is 54.7 Å². The second-order valence-corrected chi connectivity index (χ2v) is 5.95. The Morgan fingerprint density at radius 3 is 2.68 bits per heavy atom. The van der Waals surface area contributed by atoms with E-state index in [0.717, 1.165) is 6.54 Å². The summed E-state index contributed by atoms with van der Waals surface area (Å²) in [6, 6.07) is 18.0. The third-order valence-electron chi connectivity index (χ3n) is 5.20. The highest BCUT2D eigenvalue weighted by atomic mass is 14.9. The summed E-state index contributed by atoms with van der Waals surface area (Å²) in [4.78, 5) is 0. The minimum Gasteiger partial charge on any atom is -0.389 e. The molecule has 0 saturated heterocycles. The summed E-state index contributed by atoms with van der Waals surface area (Å²) in [5.74, 6) is 0.587. The second kappa shape index (κ2) is 3.11. The van der Waals surface area contributed by atoms with Crippen molar-refractivity contribution >= 4 is 5.57 Å². The average Bonchev–Trinajstić information content (AvgIpc) is 3.03. The predicted molar refractivity (Wildman–Crippen MR) is 77.0 cm³/mol. The zero-order valence-electron chi connectivity index (χ0n) is 10.7. The maximum Gasteiger partial charge on any atom is 0.0407 e. The van der Waals surface area contributed by atoms with Crippen LogP contribution in [-0.4, -0.2) is 6.54 Å². The lowest BCUT2D eigenvalue weighted by Crippen LogP contribution is -2.31. The van der Waals surface area contributed by atoms with E-state index in [9.17, 15) is 0 Å². The summed E-state index contributed by atoms with van der Waals surface area (Å²) in [5.41, 5.74) is 7.80. The number of nitrogens with one attached hydrogen (secondary N) is 1. The van der Waals surface area contributed by atoms with Gasteiger partial charge in [-0.1, -0.05) is 48.5 Å². The fraction of sp³-hybridized carbons (Fsp3) is 0.222. The number of hydrogen-bond donors (Lipinski definition) is 1. The Morgan fingerprint density at radius 1 is 0.947 bits per heavy atom. The number of benzene rings is 2. The highest BCUT2D eigenvalue weighted by Crippen LogP contribution is 2.60. The van der Waals surface area contributed by atoms with Crippen molar-refractivity contribution in [2.75, 3.05) is 6.54 Å². The van der Waals surface area contributed by atoms with Crippen LogP contribution >= 0.6 is 0 Å². The standard InChI is InChI=1S/C18H15N/c1-2-6-13-12(5-1)15-9-18(11-19-10-17(13)18)16-8-4-3-7-14(15)16/h1-8,10,15,19H,9,11H2. The van der Waals surface area contributed by atoms with Crippen molar-refractivity contribution < 1.29 is 0 Å². The molecule has 1 heteroatoms. The SMILES string of the molecule is C1=C2c3ccccc3C3CC2(CN1)c1ccccc13. The van der Waals surface area contributed by atoms with Crippen LogP contribution < -0.4 is 5.32 Å². The van der Waals surface area contributed by atoms with Crippen LogP contribution in [0.1, 0.15) is 34.6 Å². The molecular formula is C18H15N. The fourth-order valence-electron chi connectivity index (χ4n) is 4.45. The quantitative estimate of drug-likeness (QED) is 0.750. The lowest BCUT2D eigenvalue weighted by atomic mass is 9.68. The van der Waals surface area contributed by atoms with E-state index in [-0.39, 0.29) is 5.41 Å². The van der Waals surface area contributed by atoms with Crippen molar-refractivity contribution in [2.24, 2.45) is 0 Å². The normalized spacial score (nSPS) is 29.1. The van der Waals surface area contributed by atoms with E-state index in [1.807, 2.05) is 0 Å². The van der Waals surface area contributed by atoms with Crippen molar-refractivity contribution in [3.05, 3.63) is 77.0 Å². The molecule has 92 valence electrons. The van der Waals surface area contributed by atoms with Gasteiger partial charge in [-0.05, 0) is 34.2 Å². The van der Waals surface area contributed by atoms with E-state index in [1.165, 1.54) is 23.1 Å². The minimum absolute atomic E-state index is 0.232. The zero-order valence-corrected chi connectivity index (χ0v) is 10.7. The first kappa shape index (κ1) is 9.85. The summed E-state index contributed by atoms with van der Waals surface area (Å²) in [7, 11) is 0. The molecule has 1 nitrogen and oxygen atoms in total. The molecule has 1 aliphatic heterocycles. The summed E-state index contributed by atoms with van der Waals surface area (Å²) in [5, 5.41) is 3.50. The van der Waals surface area contributed by atoms with Gasteiger partial charge < -0.3 is 5.32 Å². The molecule has 2 bridgehead atoms. The van der Waals surface area contributed by atoms with Crippen molar-refractivity contribution in [1.29, 1.82) is 0 Å². The molecule has 0 aromatic heterocycles. The zero-order chi connectivity index (χ0) is 12.4. The Bertz CT molecular complexity index is 728. The molecule has 1 spiro atoms. The molecule has 2 atom stereocenters. The van der Waals surface area contributed by atoms with E-state index < -0.39 is 0 Å². The molecule has 5 rings (SSSR count). The van der Waals surface area contributed by atoms with Crippen LogP contribution in [0.5, 0.6) is 0 Å². The van der Waals surface area contributed by atoms with Crippen LogP contribution in [0, 0.1) is 0 Å². The lowest BCUT2D eigenvalue weighted by Gasteiger charge is -2.33. The summed E-state index contributed by atoms with van der Waals surface area (Å²) >= 11 is 0. The number of fused-ring (bicyclic) bond motifs is 3. The fourth-order valence-corrected chi connectivity index (χ4v) is 4.45. The molecule has 1 heterocycles. The van der Waals surface area contributed by atoms with Crippen molar-refractivity contribution in [1.82, 2.24) is 5.32 Å². The molecule has 3 aliphatic rings. The average molecular weight is 245 g/mol. The molecule has 0 amide bonds. The summed E-state index contributed by atoms with van der Waals surface area (Å²) in [6.07, 6.45) is 3.49. The molecule has 1 N–H and O–H groups in total. The van der Waals surface area contributed by atoms with Gasteiger partial charge in [0.15, 0.2) is 0 Å². The third kappa shape index (κ3) is 0.997. The van der Waals surface area contributed by atoms with E-state index in [0.29, 0.717) is 5.92 Å². The van der Waals surface area contributed by atoms with Gasteiger partial charge in [0.25, 0.3) is 0 Å². The Morgan fingerprint density at radius 2 is 1.74 bits per heavy atom. The maximum absolute atomic E-state index is 3.50. The molecular weight excluding hydrogens is 230 g/mol. The van der Waals surface area contributed by atoms with Crippen molar-refractivity contribution in [3.63, 3.8) is 0 Å². The lowest BCUT2D eigenvalue weighted by molar-refractivity contribution is 0.519. The van der Waals surface area contributed by atoms with Crippen LogP contribution in [-0.2, 0) is 5.41 Å². The predicted octanol–water partition coefficient (Wildman–Crippen LogP) is 3.42. The summed E-state index contributed by atoms with van der Waals surface area (Å²) in [6.45, 7) is 1.06. The van der Waals surface area contributed by atoms with Gasteiger partial charge in [-0.25, -0.2) is 0 Å². The first-order valence-corrected chi connectivity index (χ1v) is 7.03. The van der Waals surface area contributed by atoms with Gasteiger partial charge in [0.05, 0.1) is 0 Å².